The Morgan fingerprint density at radius 1 is 1.12 bits per heavy atom. The first-order chi connectivity index (χ1) is 15.5. The molecule has 1 aliphatic heterocycles. The molecule has 6 nitrogen and oxygen atoms in total. The maximum Gasteiger partial charge on any atom is 0.266 e. The average molecular weight is 450 g/mol. The van der Waals surface area contributed by atoms with Crippen LogP contribution in [0.3, 0.4) is 0 Å². The normalized spacial score (nSPS) is 16.3. The number of hydrogen-bond acceptors (Lipinski definition) is 5. The Labute approximate surface area is 192 Å². The van der Waals surface area contributed by atoms with E-state index in [9.17, 15) is 9.59 Å². The van der Waals surface area contributed by atoms with Gasteiger partial charge in [-0.3, -0.25) is 9.59 Å². The third-order valence-electron chi connectivity index (χ3n) is 5.99. The summed E-state index contributed by atoms with van der Waals surface area (Å²) in [6.45, 7) is 5.49. The third kappa shape index (κ3) is 4.12. The van der Waals surface area contributed by atoms with Gasteiger partial charge < -0.3 is 14.5 Å². The molecule has 0 bridgehead atoms. The van der Waals surface area contributed by atoms with Crippen LogP contribution in [0.2, 0.25) is 0 Å². The van der Waals surface area contributed by atoms with Crippen LogP contribution in [0.25, 0.3) is 11.1 Å². The zero-order chi connectivity index (χ0) is 22.7. The van der Waals surface area contributed by atoms with Crippen molar-refractivity contribution in [2.24, 2.45) is 0 Å². The van der Waals surface area contributed by atoms with Gasteiger partial charge in [0.2, 0.25) is 5.91 Å². The number of aryl methyl sites for hydroxylation is 1. The number of thiazole rings is 1. The number of carbonyl (C=O) groups excluding carboxylic acids is 2. The topological polar surface area (TPSA) is 62.7 Å². The highest BCUT2D eigenvalue weighted by atomic mass is 32.1. The van der Waals surface area contributed by atoms with E-state index >= 15 is 0 Å². The Balaban J connectivity index is 1.72. The van der Waals surface area contributed by atoms with E-state index < -0.39 is 6.04 Å². The number of nitrogens with zero attached hydrogens (tertiary/aromatic N) is 3. The molecule has 1 aromatic heterocycles. The number of benzene rings is 2. The van der Waals surface area contributed by atoms with Crippen molar-refractivity contribution >= 4 is 23.2 Å². The van der Waals surface area contributed by atoms with Crippen molar-refractivity contribution < 1.29 is 14.3 Å². The molecule has 0 unspecified atom stereocenters. The molecule has 0 aliphatic carbocycles. The number of rotatable bonds is 6. The molecule has 0 N–H and O–H groups in total. The molecule has 3 aromatic rings. The fraction of sp³-hybridized carbons (Fsp3) is 0.320. The summed E-state index contributed by atoms with van der Waals surface area (Å²) in [6, 6.07) is 15.3. The molecule has 0 spiro atoms. The highest BCUT2D eigenvalue weighted by Gasteiger charge is 2.38. The lowest BCUT2D eigenvalue weighted by Gasteiger charge is -2.40. The van der Waals surface area contributed by atoms with Crippen LogP contribution in [-0.2, 0) is 11.2 Å². The number of ether oxygens (including phenoxy) is 1. The van der Waals surface area contributed by atoms with E-state index in [1.54, 1.807) is 17.5 Å². The van der Waals surface area contributed by atoms with Crippen molar-refractivity contribution in [3.8, 4) is 16.9 Å². The lowest BCUT2D eigenvalue weighted by Crippen LogP contribution is -2.59. The number of hydrogen-bond donors (Lipinski definition) is 0. The highest BCUT2D eigenvalue weighted by molar-refractivity contribution is 7.11. The van der Waals surface area contributed by atoms with Gasteiger partial charge in [0, 0.05) is 31.6 Å². The first kappa shape index (κ1) is 22.0. The molecule has 1 fully saturated rings. The molecule has 1 atom stereocenters. The molecule has 4 rings (SSSR count). The van der Waals surface area contributed by atoms with Crippen molar-refractivity contribution in [3.63, 3.8) is 0 Å². The summed E-state index contributed by atoms with van der Waals surface area (Å²) < 4.78 is 5.58. The number of piperazine rings is 1. The standard InChI is InChI=1S/C25H27N3O3S/c1-4-27-13-14-28(25(30)23-17(2)26-16-32-23)21(24(27)29)15-18-9-5-6-10-19(18)20-11-7-8-12-22(20)31-3/h5-12,16,21H,4,13-15H2,1-3H3/t21-/m1/s1. The van der Waals surface area contributed by atoms with Gasteiger partial charge in [0.15, 0.2) is 0 Å². The smallest absolute Gasteiger partial charge is 0.266 e. The molecular formula is C25H27N3O3S. The van der Waals surface area contributed by atoms with E-state index in [0.29, 0.717) is 36.6 Å². The molecule has 2 heterocycles. The lowest BCUT2D eigenvalue weighted by atomic mass is 9.92. The highest BCUT2D eigenvalue weighted by Crippen LogP contribution is 2.33. The lowest BCUT2D eigenvalue weighted by molar-refractivity contribution is -0.139. The molecule has 1 saturated heterocycles. The quantitative estimate of drug-likeness (QED) is 0.570. The van der Waals surface area contributed by atoms with Crippen LogP contribution in [0.15, 0.2) is 54.0 Å². The van der Waals surface area contributed by atoms with E-state index in [-0.39, 0.29) is 11.8 Å². The van der Waals surface area contributed by atoms with Gasteiger partial charge >= 0.3 is 0 Å². The van der Waals surface area contributed by atoms with Gasteiger partial charge in [0.25, 0.3) is 5.91 Å². The number of likely N-dealkylation sites (N-methyl/N-ethyl adjacent to an activating group) is 1. The molecule has 7 heteroatoms. The molecule has 0 radical (unpaired) electrons. The number of methoxy groups -OCH3 is 1. The van der Waals surface area contributed by atoms with Gasteiger partial charge in [0.1, 0.15) is 16.7 Å². The van der Waals surface area contributed by atoms with Gasteiger partial charge in [-0.15, -0.1) is 11.3 Å². The zero-order valence-electron chi connectivity index (χ0n) is 18.6. The van der Waals surface area contributed by atoms with Crippen LogP contribution in [-0.4, -0.2) is 59.4 Å². The zero-order valence-corrected chi connectivity index (χ0v) is 19.4. The first-order valence-electron chi connectivity index (χ1n) is 10.8. The molecule has 0 saturated carbocycles. The van der Waals surface area contributed by atoms with Crippen LogP contribution >= 0.6 is 11.3 Å². The number of amides is 2. The molecule has 2 amide bonds. The van der Waals surface area contributed by atoms with E-state index in [4.69, 9.17) is 4.74 Å². The molecule has 2 aromatic carbocycles. The van der Waals surface area contributed by atoms with Gasteiger partial charge in [-0.25, -0.2) is 4.98 Å². The summed E-state index contributed by atoms with van der Waals surface area (Å²) in [5, 5.41) is 0. The maximum absolute atomic E-state index is 13.4. The van der Waals surface area contributed by atoms with Gasteiger partial charge in [-0.1, -0.05) is 42.5 Å². The Morgan fingerprint density at radius 2 is 1.84 bits per heavy atom. The number of aromatic nitrogens is 1. The van der Waals surface area contributed by atoms with Crippen LogP contribution in [0.5, 0.6) is 5.75 Å². The monoisotopic (exact) mass is 449 g/mol. The second-order valence-corrected chi connectivity index (χ2v) is 8.62. The van der Waals surface area contributed by atoms with Crippen molar-refractivity contribution in [3.05, 3.63) is 70.2 Å². The van der Waals surface area contributed by atoms with Crippen molar-refractivity contribution in [1.82, 2.24) is 14.8 Å². The largest absolute Gasteiger partial charge is 0.496 e. The Bertz CT molecular complexity index is 1130. The van der Waals surface area contributed by atoms with Crippen molar-refractivity contribution in [2.75, 3.05) is 26.7 Å². The third-order valence-corrected chi connectivity index (χ3v) is 6.91. The Hall–Kier alpha value is -3.19. The van der Waals surface area contributed by atoms with Gasteiger partial charge in [0.05, 0.1) is 18.3 Å². The number of carbonyl (C=O) groups is 2. The fourth-order valence-electron chi connectivity index (χ4n) is 4.27. The summed E-state index contributed by atoms with van der Waals surface area (Å²) in [7, 11) is 1.66. The Morgan fingerprint density at radius 3 is 2.53 bits per heavy atom. The maximum atomic E-state index is 13.4. The predicted octanol–water partition coefficient (Wildman–Crippen LogP) is 4.04. The van der Waals surface area contributed by atoms with Gasteiger partial charge in [-0.05, 0) is 31.0 Å². The predicted molar refractivity (Wildman–Crippen MR) is 126 cm³/mol. The summed E-state index contributed by atoms with van der Waals surface area (Å²) in [4.78, 5) is 35.2. The molecule has 1 aliphatic rings. The minimum absolute atomic E-state index is 0.0101. The number of para-hydroxylation sites is 1. The van der Waals surface area contributed by atoms with Gasteiger partial charge in [-0.2, -0.15) is 0 Å². The Kier molecular flexibility index (Phi) is 6.55. The van der Waals surface area contributed by atoms with E-state index in [0.717, 1.165) is 22.4 Å². The van der Waals surface area contributed by atoms with Crippen molar-refractivity contribution in [1.29, 1.82) is 0 Å². The van der Waals surface area contributed by atoms with E-state index in [1.165, 1.54) is 11.3 Å². The summed E-state index contributed by atoms with van der Waals surface area (Å²) in [5.74, 6) is 0.649. The average Bonchev–Trinajstić information content (AvgIpc) is 3.26. The van der Waals surface area contributed by atoms with Crippen LogP contribution in [0.4, 0.5) is 0 Å². The van der Waals surface area contributed by atoms with Crippen LogP contribution < -0.4 is 4.74 Å². The van der Waals surface area contributed by atoms with Crippen molar-refractivity contribution in [2.45, 2.75) is 26.3 Å². The first-order valence-corrected chi connectivity index (χ1v) is 11.6. The summed E-state index contributed by atoms with van der Waals surface area (Å²) in [6.07, 6.45) is 0.438. The van der Waals surface area contributed by atoms with E-state index in [1.807, 2.05) is 67.3 Å². The fourth-order valence-corrected chi connectivity index (χ4v) is 5.02. The second kappa shape index (κ2) is 9.53. The SMILES string of the molecule is CCN1CCN(C(=O)c2scnc2C)[C@H](Cc2ccccc2-c2ccccc2OC)C1=O. The second-order valence-electron chi connectivity index (χ2n) is 7.76. The molecular weight excluding hydrogens is 422 g/mol. The minimum Gasteiger partial charge on any atom is -0.496 e. The summed E-state index contributed by atoms with van der Waals surface area (Å²) >= 11 is 1.33. The summed E-state index contributed by atoms with van der Waals surface area (Å²) in [5.41, 5.74) is 5.37. The molecule has 166 valence electrons. The molecule has 32 heavy (non-hydrogen) atoms. The van der Waals surface area contributed by atoms with E-state index in [2.05, 4.69) is 4.98 Å². The minimum atomic E-state index is -0.562. The van der Waals surface area contributed by atoms with Crippen LogP contribution in [0, 0.1) is 6.92 Å². The van der Waals surface area contributed by atoms with Crippen LogP contribution in [0.1, 0.15) is 27.9 Å².